The van der Waals surface area contributed by atoms with Crippen molar-refractivity contribution in [2.45, 2.75) is 31.9 Å². The van der Waals surface area contributed by atoms with Gasteiger partial charge in [-0.15, -0.1) is 0 Å². The number of hydrogen-bond acceptors (Lipinski definition) is 5. The molecule has 1 heterocycles. The van der Waals surface area contributed by atoms with Gasteiger partial charge in [-0.2, -0.15) is 0 Å². The maximum Gasteiger partial charge on any atom is 0.189 e. The number of aliphatic hydroxyl groups is 1. The van der Waals surface area contributed by atoms with Gasteiger partial charge in [0.15, 0.2) is 5.43 Å². The second-order valence-corrected chi connectivity index (χ2v) is 7.72. The van der Waals surface area contributed by atoms with Crippen LogP contribution in [0.25, 0.3) is 11.1 Å². The number of rotatable bonds is 7. The van der Waals surface area contributed by atoms with Crippen molar-refractivity contribution in [3.63, 3.8) is 0 Å². The van der Waals surface area contributed by atoms with Gasteiger partial charge in [0.25, 0.3) is 0 Å². The minimum absolute atomic E-state index is 0.0314. The minimum atomic E-state index is -0.269. The summed E-state index contributed by atoms with van der Waals surface area (Å²) in [6, 6.07) is 18.1. The van der Waals surface area contributed by atoms with Gasteiger partial charge in [0.05, 0.1) is 6.54 Å². The molecule has 1 aliphatic rings. The van der Waals surface area contributed by atoms with Crippen LogP contribution >= 0.6 is 0 Å². The third-order valence-corrected chi connectivity index (χ3v) is 5.31. The molecule has 1 aromatic heterocycles. The summed E-state index contributed by atoms with van der Waals surface area (Å²) in [6.45, 7) is 0.153. The van der Waals surface area contributed by atoms with E-state index in [1.165, 1.54) is 17.3 Å². The third-order valence-electron chi connectivity index (χ3n) is 5.31. The monoisotopic (exact) mass is 390 g/mol. The Labute approximate surface area is 170 Å². The van der Waals surface area contributed by atoms with E-state index in [1.807, 2.05) is 26.2 Å². The normalized spacial score (nSPS) is 13.3. The standard InChI is InChI=1S/C24H26N2O3/c1-26(2)20-11-7-17(8-12-20)16-5-9-19(10-6-16)25-14-23-24(18-3-4-18)22(28)13-21(15-27)29-23/h5-13,18,25,27H,3-4,14-15H2,1-2H3. The lowest BCUT2D eigenvalue weighted by Gasteiger charge is -2.13. The number of anilines is 2. The summed E-state index contributed by atoms with van der Waals surface area (Å²) in [6.07, 6.45) is 2.05. The molecule has 5 nitrogen and oxygen atoms in total. The zero-order valence-corrected chi connectivity index (χ0v) is 16.8. The Morgan fingerprint density at radius 1 is 1.03 bits per heavy atom. The lowest BCUT2D eigenvalue weighted by atomic mass is 10.0. The summed E-state index contributed by atoms with van der Waals surface area (Å²) >= 11 is 0. The number of nitrogens with one attached hydrogen (secondary N) is 1. The van der Waals surface area contributed by atoms with Crippen LogP contribution in [0.15, 0.2) is 63.8 Å². The fraction of sp³-hybridized carbons (Fsp3) is 0.292. The summed E-state index contributed by atoms with van der Waals surface area (Å²) < 4.78 is 5.77. The van der Waals surface area contributed by atoms with Crippen molar-refractivity contribution in [2.75, 3.05) is 24.3 Å². The smallest absolute Gasteiger partial charge is 0.189 e. The Balaban J connectivity index is 1.48. The summed E-state index contributed by atoms with van der Waals surface area (Å²) in [5, 5.41) is 12.7. The first-order valence-corrected chi connectivity index (χ1v) is 9.93. The molecule has 0 radical (unpaired) electrons. The Morgan fingerprint density at radius 3 is 2.21 bits per heavy atom. The average molecular weight is 390 g/mol. The highest BCUT2D eigenvalue weighted by Crippen LogP contribution is 2.40. The van der Waals surface area contributed by atoms with Gasteiger partial charge >= 0.3 is 0 Å². The lowest BCUT2D eigenvalue weighted by Crippen LogP contribution is -2.14. The van der Waals surface area contributed by atoms with Crippen molar-refractivity contribution >= 4 is 11.4 Å². The predicted molar refractivity (Wildman–Crippen MR) is 116 cm³/mol. The van der Waals surface area contributed by atoms with Gasteiger partial charge in [0.1, 0.15) is 18.1 Å². The van der Waals surface area contributed by atoms with Crippen molar-refractivity contribution < 1.29 is 9.52 Å². The molecule has 150 valence electrons. The molecule has 3 aromatic rings. The van der Waals surface area contributed by atoms with E-state index in [2.05, 4.69) is 46.6 Å². The second-order valence-electron chi connectivity index (χ2n) is 7.72. The topological polar surface area (TPSA) is 65.7 Å². The summed E-state index contributed by atoms with van der Waals surface area (Å²) in [5.41, 5.74) is 5.17. The van der Waals surface area contributed by atoms with Gasteiger partial charge in [-0.3, -0.25) is 4.79 Å². The second kappa shape index (κ2) is 8.13. The molecule has 1 saturated carbocycles. The van der Waals surface area contributed by atoms with Crippen LogP contribution in [0.1, 0.15) is 35.8 Å². The maximum atomic E-state index is 12.4. The van der Waals surface area contributed by atoms with E-state index in [-0.39, 0.29) is 12.0 Å². The van der Waals surface area contributed by atoms with Crippen molar-refractivity contribution in [3.05, 3.63) is 81.9 Å². The first-order valence-electron chi connectivity index (χ1n) is 9.93. The maximum absolute atomic E-state index is 12.4. The first kappa shape index (κ1) is 19.3. The van der Waals surface area contributed by atoms with E-state index in [0.717, 1.165) is 29.7 Å². The highest BCUT2D eigenvalue weighted by atomic mass is 16.4. The van der Waals surface area contributed by atoms with Crippen molar-refractivity contribution in [1.29, 1.82) is 0 Å². The molecule has 0 aliphatic heterocycles. The molecule has 0 spiro atoms. The van der Waals surface area contributed by atoms with Gasteiger partial charge < -0.3 is 19.7 Å². The Kier molecular flexibility index (Phi) is 5.41. The van der Waals surface area contributed by atoms with Crippen LogP contribution in [-0.2, 0) is 13.2 Å². The molecule has 4 rings (SSSR count). The van der Waals surface area contributed by atoms with Crippen LogP contribution in [0.5, 0.6) is 0 Å². The Hall–Kier alpha value is -3.05. The number of nitrogens with zero attached hydrogens (tertiary/aromatic N) is 1. The predicted octanol–water partition coefficient (Wildman–Crippen LogP) is 4.35. The minimum Gasteiger partial charge on any atom is -0.461 e. The lowest BCUT2D eigenvalue weighted by molar-refractivity contribution is 0.238. The zero-order valence-electron chi connectivity index (χ0n) is 16.8. The van der Waals surface area contributed by atoms with Gasteiger partial charge in [0, 0.05) is 37.1 Å². The van der Waals surface area contributed by atoms with Gasteiger partial charge in [-0.1, -0.05) is 24.3 Å². The molecule has 0 amide bonds. The molecular formula is C24H26N2O3. The van der Waals surface area contributed by atoms with Crippen molar-refractivity contribution in [1.82, 2.24) is 0 Å². The molecule has 29 heavy (non-hydrogen) atoms. The average Bonchev–Trinajstić information content (AvgIpc) is 3.57. The number of hydrogen-bond donors (Lipinski definition) is 2. The molecular weight excluding hydrogens is 364 g/mol. The van der Waals surface area contributed by atoms with Gasteiger partial charge in [-0.25, -0.2) is 0 Å². The van der Waals surface area contributed by atoms with E-state index < -0.39 is 0 Å². The Bertz CT molecular complexity index is 1030. The SMILES string of the molecule is CN(C)c1ccc(-c2ccc(NCc3oc(CO)cc(=O)c3C3CC3)cc2)cc1. The molecule has 1 fully saturated rings. The number of benzene rings is 2. The van der Waals surface area contributed by atoms with Crippen LogP contribution in [0.2, 0.25) is 0 Å². The van der Waals surface area contributed by atoms with Crippen LogP contribution < -0.4 is 15.6 Å². The highest BCUT2D eigenvalue weighted by Gasteiger charge is 2.30. The molecule has 2 N–H and O–H groups in total. The molecule has 0 bridgehead atoms. The van der Waals surface area contributed by atoms with Crippen LogP contribution in [0, 0.1) is 0 Å². The Morgan fingerprint density at radius 2 is 1.66 bits per heavy atom. The quantitative estimate of drug-likeness (QED) is 0.628. The zero-order chi connectivity index (χ0) is 20.4. The largest absolute Gasteiger partial charge is 0.461 e. The third kappa shape index (κ3) is 4.35. The molecule has 5 heteroatoms. The van der Waals surface area contributed by atoms with E-state index in [9.17, 15) is 9.90 Å². The molecule has 0 unspecified atom stereocenters. The summed E-state index contributed by atoms with van der Waals surface area (Å²) in [5.74, 6) is 1.24. The van der Waals surface area contributed by atoms with Crippen molar-refractivity contribution in [2.24, 2.45) is 0 Å². The van der Waals surface area contributed by atoms with E-state index >= 15 is 0 Å². The van der Waals surface area contributed by atoms with Crippen LogP contribution in [0.3, 0.4) is 0 Å². The first-order chi connectivity index (χ1) is 14.0. The van der Waals surface area contributed by atoms with Crippen LogP contribution in [-0.4, -0.2) is 19.2 Å². The van der Waals surface area contributed by atoms with Crippen molar-refractivity contribution in [3.8, 4) is 11.1 Å². The summed E-state index contributed by atoms with van der Waals surface area (Å²) in [7, 11) is 4.06. The van der Waals surface area contributed by atoms with E-state index in [0.29, 0.717) is 24.0 Å². The summed E-state index contributed by atoms with van der Waals surface area (Å²) in [4.78, 5) is 14.5. The fourth-order valence-corrected chi connectivity index (χ4v) is 3.53. The number of aliphatic hydroxyl groups excluding tert-OH is 1. The van der Waals surface area contributed by atoms with E-state index in [1.54, 1.807) is 0 Å². The van der Waals surface area contributed by atoms with E-state index in [4.69, 9.17) is 4.42 Å². The van der Waals surface area contributed by atoms with Gasteiger partial charge in [-0.05, 0) is 54.2 Å². The molecule has 1 aliphatic carbocycles. The molecule has 0 saturated heterocycles. The molecule has 2 aromatic carbocycles. The van der Waals surface area contributed by atoms with Gasteiger partial charge in [0.2, 0.25) is 0 Å². The highest BCUT2D eigenvalue weighted by molar-refractivity contribution is 5.68. The fourth-order valence-electron chi connectivity index (χ4n) is 3.53. The molecule has 0 atom stereocenters. The van der Waals surface area contributed by atoms with Crippen LogP contribution in [0.4, 0.5) is 11.4 Å².